The van der Waals surface area contributed by atoms with Gasteiger partial charge in [-0.25, -0.2) is 4.98 Å². The molecular weight excluding hydrogens is 264 g/mol. The molecule has 0 saturated carbocycles. The van der Waals surface area contributed by atoms with Gasteiger partial charge >= 0.3 is 0 Å². The summed E-state index contributed by atoms with van der Waals surface area (Å²) in [6.45, 7) is 1.38. The van der Waals surface area contributed by atoms with E-state index < -0.39 is 0 Å². The highest BCUT2D eigenvalue weighted by molar-refractivity contribution is 5.55. The molecule has 0 aliphatic rings. The van der Waals surface area contributed by atoms with E-state index in [-0.39, 0.29) is 0 Å². The van der Waals surface area contributed by atoms with Crippen molar-refractivity contribution in [2.75, 3.05) is 18.5 Å². The zero-order chi connectivity index (χ0) is 14.8. The van der Waals surface area contributed by atoms with Gasteiger partial charge in [-0.15, -0.1) is 0 Å². The molecule has 0 fully saturated rings. The van der Waals surface area contributed by atoms with Crippen LogP contribution in [0.5, 0.6) is 0 Å². The average Bonchev–Trinajstić information content (AvgIpc) is 3.04. The van der Waals surface area contributed by atoms with Crippen LogP contribution in [0.4, 0.5) is 5.82 Å². The van der Waals surface area contributed by atoms with Crippen molar-refractivity contribution in [1.29, 1.82) is 0 Å². The third-order valence-electron chi connectivity index (χ3n) is 3.53. The molecule has 3 rings (SSSR count). The second kappa shape index (κ2) is 5.57. The normalized spacial score (nSPS) is 11.2. The zero-order valence-electron chi connectivity index (χ0n) is 12.4. The van der Waals surface area contributed by atoms with Crippen molar-refractivity contribution in [3.05, 3.63) is 48.0 Å². The van der Waals surface area contributed by atoms with Crippen LogP contribution in [0.3, 0.4) is 0 Å². The Labute approximate surface area is 123 Å². The lowest BCUT2D eigenvalue weighted by Gasteiger charge is -2.17. The van der Waals surface area contributed by atoms with Gasteiger partial charge in [0.15, 0.2) is 5.82 Å². The van der Waals surface area contributed by atoms with Crippen LogP contribution in [0.25, 0.3) is 5.65 Å². The van der Waals surface area contributed by atoms with E-state index in [1.54, 1.807) is 0 Å². The van der Waals surface area contributed by atoms with Gasteiger partial charge in [-0.05, 0) is 18.7 Å². The largest absolute Gasteiger partial charge is 0.354 e. The van der Waals surface area contributed by atoms with E-state index in [1.807, 2.05) is 48.5 Å². The molecule has 0 radical (unpaired) electrons. The topological polar surface area (TPSA) is 64.4 Å². The van der Waals surface area contributed by atoms with Crippen molar-refractivity contribution < 1.29 is 0 Å². The first-order chi connectivity index (χ1) is 10.2. The lowest BCUT2D eigenvalue weighted by atomic mass is 10.2. The van der Waals surface area contributed by atoms with Gasteiger partial charge in [-0.2, -0.15) is 5.10 Å². The molecule has 0 saturated heterocycles. The van der Waals surface area contributed by atoms with Gasteiger partial charge < -0.3 is 15.0 Å². The number of rotatable bonds is 5. The highest BCUT2D eigenvalue weighted by atomic mass is 15.3. The molecule has 6 heteroatoms. The van der Waals surface area contributed by atoms with Crippen molar-refractivity contribution >= 4 is 11.5 Å². The first-order valence-corrected chi connectivity index (χ1v) is 7.03. The van der Waals surface area contributed by atoms with E-state index in [0.717, 1.165) is 35.7 Å². The van der Waals surface area contributed by atoms with E-state index in [4.69, 9.17) is 10.7 Å². The maximum atomic E-state index is 5.76. The quantitative estimate of drug-likeness (QED) is 0.765. The van der Waals surface area contributed by atoms with Crippen molar-refractivity contribution in [2.45, 2.75) is 13.0 Å². The molecule has 2 N–H and O–H groups in total. The molecule has 0 spiro atoms. The predicted octanol–water partition coefficient (Wildman–Crippen LogP) is 1.21. The molecule has 6 nitrogen and oxygen atoms in total. The molecule has 3 aromatic heterocycles. The molecule has 3 aromatic rings. The van der Waals surface area contributed by atoms with Crippen LogP contribution in [-0.2, 0) is 20.0 Å². The fourth-order valence-corrected chi connectivity index (χ4v) is 2.61. The monoisotopic (exact) mass is 284 g/mol. The van der Waals surface area contributed by atoms with Gasteiger partial charge in [-0.3, -0.25) is 4.68 Å². The minimum absolute atomic E-state index is 0.608. The lowest BCUT2D eigenvalue weighted by Crippen LogP contribution is -2.19. The number of fused-ring (bicyclic) bond motifs is 1. The van der Waals surface area contributed by atoms with Gasteiger partial charge in [0, 0.05) is 45.0 Å². The van der Waals surface area contributed by atoms with Crippen LogP contribution in [0, 0.1) is 0 Å². The molecule has 0 bridgehead atoms. The Morgan fingerprint density at radius 3 is 2.90 bits per heavy atom. The van der Waals surface area contributed by atoms with Gasteiger partial charge in [0.25, 0.3) is 0 Å². The molecule has 110 valence electrons. The molecule has 0 amide bonds. The maximum absolute atomic E-state index is 5.76. The first kappa shape index (κ1) is 13.6. The maximum Gasteiger partial charge on any atom is 0.151 e. The van der Waals surface area contributed by atoms with Gasteiger partial charge in [-0.1, -0.05) is 6.07 Å². The third-order valence-corrected chi connectivity index (χ3v) is 3.53. The smallest absolute Gasteiger partial charge is 0.151 e. The van der Waals surface area contributed by atoms with Crippen LogP contribution in [0.2, 0.25) is 0 Å². The summed E-state index contributed by atoms with van der Waals surface area (Å²) in [6.07, 6.45) is 6.75. The van der Waals surface area contributed by atoms with Crippen molar-refractivity contribution in [2.24, 2.45) is 12.8 Å². The number of pyridine rings is 1. The van der Waals surface area contributed by atoms with Crippen LogP contribution in [-0.4, -0.2) is 32.8 Å². The summed E-state index contributed by atoms with van der Waals surface area (Å²) in [6, 6.07) is 6.03. The number of nitrogens with two attached hydrogens (primary N) is 1. The Morgan fingerprint density at radius 2 is 2.19 bits per heavy atom. The summed E-state index contributed by atoms with van der Waals surface area (Å²) in [5.41, 5.74) is 9.03. The van der Waals surface area contributed by atoms with Gasteiger partial charge in [0.2, 0.25) is 0 Å². The SMILES string of the molecule is CN(Cc1cnn(C)c1)c1nc2ccccn2c1CCN. The van der Waals surface area contributed by atoms with E-state index >= 15 is 0 Å². The Hall–Kier alpha value is -2.34. The number of imidazole rings is 1. The molecule has 0 atom stereocenters. The first-order valence-electron chi connectivity index (χ1n) is 7.03. The summed E-state index contributed by atoms with van der Waals surface area (Å²) in [5.74, 6) is 0.982. The number of hydrogen-bond donors (Lipinski definition) is 1. The number of hydrogen-bond acceptors (Lipinski definition) is 4. The van der Waals surface area contributed by atoms with E-state index in [2.05, 4.69) is 21.4 Å². The summed E-state index contributed by atoms with van der Waals surface area (Å²) in [7, 11) is 3.98. The Kier molecular flexibility index (Phi) is 3.62. The van der Waals surface area contributed by atoms with Gasteiger partial charge in [0.05, 0.1) is 11.9 Å². The molecule has 0 aliphatic heterocycles. The minimum atomic E-state index is 0.608. The van der Waals surface area contributed by atoms with Crippen molar-refractivity contribution in [1.82, 2.24) is 19.2 Å². The summed E-state index contributed by atoms with van der Waals surface area (Å²) in [5, 5.41) is 4.21. The zero-order valence-corrected chi connectivity index (χ0v) is 12.4. The second-order valence-corrected chi connectivity index (χ2v) is 5.23. The Bertz CT molecular complexity index is 742. The molecular formula is C15H20N6. The van der Waals surface area contributed by atoms with Crippen LogP contribution >= 0.6 is 0 Å². The standard InChI is InChI=1S/C15H20N6/c1-19(10-12-9-17-20(2)11-12)15-13(6-7-16)21-8-4-3-5-14(21)18-15/h3-5,8-9,11H,6-7,10,16H2,1-2H3. The third kappa shape index (κ3) is 2.62. The fourth-order valence-electron chi connectivity index (χ4n) is 2.61. The van der Waals surface area contributed by atoms with E-state index in [9.17, 15) is 0 Å². The number of aryl methyl sites for hydroxylation is 1. The molecule has 0 unspecified atom stereocenters. The average molecular weight is 284 g/mol. The molecule has 0 aliphatic carbocycles. The van der Waals surface area contributed by atoms with Crippen molar-refractivity contribution in [3.8, 4) is 0 Å². The highest BCUT2D eigenvalue weighted by Crippen LogP contribution is 2.22. The number of anilines is 1. The van der Waals surface area contributed by atoms with Crippen LogP contribution in [0.15, 0.2) is 36.8 Å². The van der Waals surface area contributed by atoms with E-state index in [1.165, 1.54) is 0 Å². The second-order valence-electron chi connectivity index (χ2n) is 5.23. The minimum Gasteiger partial charge on any atom is -0.354 e. The highest BCUT2D eigenvalue weighted by Gasteiger charge is 2.15. The van der Waals surface area contributed by atoms with E-state index in [0.29, 0.717) is 6.54 Å². The molecule has 0 aromatic carbocycles. The summed E-state index contributed by atoms with van der Waals surface area (Å²) >= 11 is 0. The summed E-state index contributed by atoms with van der Waals surface area (Å²) < 4.78 is 3.93. The molecule has 3 heterocycles. The predicted molar refractivity (Wildman–Crippen MR) is 83.3 cm³/mol. The fraction of sp³-hybridized carbons (Fsp3) is 0.333. The Morgan fingerprint density at radius 1 is 1.33 bits per heavy atom. The molecule has 21 heavy (non-hydrogen) atoms. The van der Waals surface area contributed by atoms with Crippen molar-refractivity contribution in [3.63, 3.8) is 0 Å². The summed E-state index contributed by atoms with van der Waals surface area (Å²) in [4.78, 5) is 6.89. The Balaban J connectivity index is 1.96. The number of nitrogens with zero attached hydrogens (tertiary/aromatic N) is 5. The van der Waals surface area contributed by atoms with Gasteiger partial charge in [0.1, 0.15) is 5.65 Å². The van der Waals surface area contributed by atoms with Crippen LogP contribution < -0.4 is 10.6 Å². The number of aromatic nitrogens is 4. The lowest BCUT2D eigenvalue weighted by molar-refractivity contribution is 0.766. The van der Waals surface area contributed by atoms with Crippen LogP contribution in [0.1, 0.15) is 11.3 Å².